The third-order valence-electron chi connectivity index (χ3n) is 3.01. The van der Waals surface area contributed by atoms with Crippen LogP contribution in [-0.4, -0.2) is 5.91 Å². The zero-order valence-electron chi connectivity index (χ0n) is 11.3. The Kier molecular flexibility index (Phi) is 5.45. The summed E-state index contributed by atoms with van der Waals surface area (Å²) in [6, 6.07) is 7.35. The summed E-state index contributed by atoms with van der Waals surface area (Å²) >= 11 is 17.7. The zero-order chi connectivity index (χ0) is 17.2. The Morgan fingerprint density at radius 1 is 0.957 bits per heavy atom. The molecule has 0 aromatic heterocycles. The average molecular weight is 383 g/mol. The molecular weight excluding hydrogens is 374 g/mol. The molecule has 8 heteroatoms. The van der Waals surface area contributed by atoms with Crippen LogP contribution in [0.1, 0.15) is 21.5 Å². The number of alkyl halides is 3. The molecule has 0 bridgehead atoms. The second-order valence-electron chi connectivity index (χ2n) is 4.60. The van der Waals surface area contributed by atoms with Crippen molar-refractivity contribution in [1.82, 2.24) is 5.32 Å². The van der Waals surface area contributed by atoms with Crippen LogP contribution < -0.4 is 5.32 Å². The smallest absolute Gasteiger partial charge is 0.348 e. The number of hydrogen-bond donors (Lipinski definition) is 1. The molecule has 2 rings (SSSR count). The number of hydrogen-bond acceptors (Lipinski definition) is 1. The Bertz CT molecular complexity index is 730. The summed E-state index contributed by atoms with van der Waals surface area (Å²) in [6.45, 7) is 0.0239. The van der Waals surface area contributed by atoms with Gasteiger partial charge in [0, 0.05) is 6.54 Å². The van der Waals surface area contributed by atoms with Gasteiger partial charge >= 0.3 is 6.18 Å². The molecule has 2 nitrogen and oxygen atoms in total. The summed E-state index contributed by atoms with van der Waals surface area (Å²) in [4.78, 5) is 12.1. The molecule has 23 heavy (non-hydrogen) atoms. The first-order valence-electron chi connectivity index (χ1n) is 6.28. The normalized spacial score (nSPS) is 11.4. The number of nitrogens with one attached hydrogen (secondary N) is 1. The molecule has 0 atom stereocenters. The van der Waals surface area contributed by atoms with Crippen molar-refractivity contribution in [3.05, 3.63) is 68.2 Å². The monoisotopic (exact) mass is 381 g/mol. The molecule has 0 aliphatic rings. The van der Waals surface area contributed by atoms with Crippen LogP contribution in [-0.2, 0) is 12.7 Å². The van der Waals surface area contributed by atoms with E-state index in [-0.39, 0.29) is 27.2 Å². The topological polar surface area (TPSA) is 29.1 Å². The highest BCUT2D eigenvalue weighted by molar-refractivity contribution is 6.46. The maximum absolute atomic E-state index is 12.5. The van der Waals surface area contributed by atoms with Crippen molar-refractivity contribution >= 4 is 40.7 Å². The van der Waals surface area contributed by atoms with Gasteiger partial charge in [0.15, 0.2) is 0 Å². The molecule has 1 N–H and O–H groups in total. The van der Waals surface area contributed by atoms with Gasteiger partial charge in [-0.05, 0) is 29.8 Å². The van der Waals surface area contributed by atoms with E-state index >= 15 is 0 Å². The minimum Gasteiger partial charge on any atom is -0.348 e. The van der Waals surface area contributed by atoms with Gasteiger partial charge in [0.1, 0.15) is 0 Å². The molecule has 2 aromatic rings. The fraction of sp³-hybridized carbons (Fsp3) is 0.133. The van der Waals surface area contributed by atoms with Crippen LogP contribution in [0.2, 0.25) is 15.1 Å². The lowest BCUT2D eigenvalue weighted by atomic mass is 10.1. The average Bonchev–Trinajstić information content (AvgIpc) is 2.49. The lowest BCUT2D eigenvalue weighted by Gasteiger charge is -2.11. The van der Waals surface area contributed by atoms with E-state index < -0.39 is 17.6 Å². The zero-order valence-corrected chi connectivity index (χ0v) is 13.6. The fourth-order valence-electron chi connectivity index (χ4n) is 1.82. The van der Waals surface area contributed by atoms with Crippen LogP contribution in [0.5, 0.6) is 0 Å². The SMILES string of the molecule is O=C(NCc1ccc(C(F)(F)F)cc1)c1c(Cl)ccc(Cl)c1Cl. The molecule has 0 saturated heterocycles. The number of amides is 1. The molecule has 122 valence electrons. The first-order chi connectivity index (χ1) is 10.7. The quantitative estimate of drug-likeness (QED) is 0.688. The molecule has 0 spiro atoms. The lowest BCUT2D eigenvalue weighted by Crippen LogP contribution is -2.23. The summed E-state index contributed by atoms with van der Waals surface area (Å²) in [7, 11) is 0. The van der Waals surface area contributed by atoms with Crippen molar-refractivity contribution in [3.63, 3.8) is 0 Å². The van der Waals surface area contributed by atoms with Gasteiger partial charge in [-0.25, -0.2) is 0 Å². The minimum absolute atomic E-state index is 0.0177. The predicted molar refractivity (Wildman–Crippen MR) is 84.1 cm³/mol. The first kappa shape index (κ1) is 17.9. The largest absolute Gasteiger partial charge is 0.416 e. The number of carbonyl (C=O) groups excluding carboxylic acids is 1. The molecule has 0 radical (unpaired) electrons. The van der Waals surface area contributed by atoms with Crippen molar-refractivity contribution in [2.45, 2.75) is 12.7 Å². The Morgan fingerprint density at radius 3 is 2.09 bits per heavy atom. The van der Waals surface area contributed by atoms with Crippen molar-refractivity contribution in [2.75, 3.05) is 0 Å². The van der Waals surface area contributed by atoms with Crippen molar-refractivity contribution in [3.8, 4) is 0 Å². The van der Waals surface area contributed by atoms with Gasteiger partial charge in [-0.3, -0.25) is 4.79 Å². The van der Waals surface area contributed by atoms with Crippen molar-refractivity contribution in [1.29, 1.82) is 0 Å². The summed E-state index contributed by atoms with van der Waals surface area (Å²) in [5, 5.41) is 2.86. The van der Waals surface area contributed by atoms with Crippen LogP contribution in [0.25, 0.3) is 0 Å². The molecule has 1 amide bonds. The summed E-state index contributed by atoms with van der Waals surface area (Å²) in [5.41, 5.74) is -0.234. The maximum Gasteiger partial charge on any atom is 0.416 e. The lowest BCUT2D eigenvalue weighted by molar-refractivity contribution is -0.137. The Morgan fingerprint density at radius 2 is 1.52 bits per heavy atom. The summed E-state index contributed by atoms with van der Waals surface area (Å²) in [6.07, 6.45) is -4.40. The van der Waals surface area contributed by atoms with Gasteiger partial charge in [-0.15, -0.1) is 0 Å². The Balaban J connectivity index is 2.10. The second-order valence-corrected chi connectivity index (χ2v) is 5.79. The molecule has 0 heterocycles. The van der Waals surface area contributed by atoms with Crippen molar-refractivity contribution < 1.29 is 18.0 Å². The van der Waals surface area contributed by atoms with Gasteiger partial charge in [-0.2, -0.15) is 13.2 Å². The molecule has 0 fully saturated rings. The van der Waals surface area contributed by atoms with E-state index in [1.54, 1.807) is 0 Å². The van der Waals surface area contributed by atoms with Gasteiger partial charge < -0.3 is 5.32 Å². The van der Waals surface area contributed by atoms with Gasteiger partial charge in [-0.1, -0.05) is 46.9 Å². The predicted octanol–water partition coefficient (Wildman–Crippen LogP) is 5.60. The van der Waals surface area contributed by atoms with E-state index in [4.69, 9.17) is 34.8 Å². The first-order valence-corrected chi connectivity index (χ1v) is 7.41. The molecule has 0 aliphatic carbocycles. The molecular formula is C15H9Cl3F3NO. The molecule has 0 aliphatic heterocycles. The number of carbonyl (C=O) groups is 1. The molecule has 0 unspecified atom stereocenters. The molecule has 0 saturated carbocycles. The van der Waals surface area contributed by atoms with Crippen LogP contribution >= 0.6 is 34.8 Å². The number of rotatable bonds is 3. The standard InChI is InChI=1S/C15H9Cl3F3NO/c16-10-5-6-11(17)13(18)12(10)14(23)22-7-8-1-3-9(4-2-8)15(19,20)21/h1-6H,7H2,(H,22,23). The second kappa shape index (κ2) is 6.99. The highest BCUT2D eigenvalue weighted by Crippen LogP contribution is 2.31. The minimum atomic E-state index is -4.40. The van der Waals surface area contributed by atoms with Gasteiger partial charge in [0.05, 0.1) is 26.2 Å². The van der Waals surface area contributed by atoms with E-state index in [9.17, 15) is 18.0 Å². The van der Waals surface area contributed by atoms with Crippen LogP contribution in [0.15, 0.2) is 36.4 Å². The highest BCUT2D eigenvalue weighted by atomic mass is 35.5. The fourth-order valence-corrected chi connectivity index (χ4v) is 2.52. The Hall–Kier alpha value is -1.43. The van der Waals surface area contributed by atoms with E-state index in [2.05, 4.69) is 5.32 Å². The van der Waals surface area contributed by atoms with Crippen molar-refractivity contribution in [2.24, 2.45) is 0 Å². The van der Waals surface area contributed by atoms with E-state index in [0.29, 0.717) is 5.56 Å². The van der Waals surface area contributed by atoms with E-state index in [1.807, 2.05) is 0 Å². The van der Waals surface area contributed by atoms with E-state index in [1.165, 1.54) is 24.3 Å². The summed E-state index contributed by atoms with van der Waals surface area (Å²) < 4.78 is 37.4. The number of benzene rings is 2. The van der Waals surface area contributed by atoms with Gasteiger partial charge in [0.2, 0.25) is 0 Å². The van der Waals surface area contributed by atoms with Crippen LogP contribution in [0.4, 0.5) is 13.2 Å². The Labute approximate surface area is 145 Å². The third-order valence-corrected chi connectivity index (χ3v) is 4.12. The maximum atomic E-state index is 12.5. The number of halogens is 6. The van der Waals surface area contributed by atoms with Crippen LogP contribution in [0.3, 0.4) is 0 Å². The highest BCUT2D eigenvalue weighted by Gasteiger charge is 2.29. The van der Waals surface area contributed by atoms with Gasteiger partial charge in [0.25, 0.3) is 5.91 Å². The third kappa shape index (κ3) is 4.31. The summed E-state index contributed by atoms with van der Waals surface area (Å²) in [5.74, 6) is -0.567. The van der Waals surface area contributed by atoms with E-state index in [0.717, 1.165) is 12.1 Å². The molecule has 2 aromatic carbocycles. The van der Waals surface area contributed by atoms with Crippen LogP contribution in [0, 0.1) is 0 Å².